The van der Waals surface area contributed by atoms with Crippen LogP contribution in [0.15, 0.2) is 22.1 Å². The lowest BCUT2D eigenvalue weighted by molar-refractivity contribution is 0.167. The van der Waals surface area contributed by atoms with Crippen molar-refractivity contribution in [3.8, 4) is 0 Å². The fourth-order valence-electron chi connectivity index (χ4n) is 2.74. The monoisotopic (exact) mass is 323 g/mol. The molecule has 0 N–H and O–H groups in total. The summed E-state index contributed by atoms with van der Waals surface area (Å²) in [6, 6.07) is 7.08. The molecule has 2 aromatic rings. The molecule has 1 aliphatic rings. The standard InChI is InChI=1S/C14H16BrN2S/c1-9-3-5-12(17(2)8-9)10-4-6-13-11(7-10)16-14(15)18-13/h4,6-7,9,12H,2-3,5,8H2,1H3. The number of thiazole rings is 1. The number of nitrogens with zero attached hydrogens (tertiary/aromatic N) is 2. The van der Waals surface area contributed by atoms with Crippen molar-refractivity contribution >= 4 is 37.5 Å². The second kappa shape index (κ2) is 4.91. The Morgan fingerprint density at radius 3 is 3.06 bits per heavy atom. The third-order valence-electron chi connectivity index (χ3n) is 3.69. The molecule has 2 heterocycles. The number of halogens is 1. The van der Waals surface area contributed by atoms with Crippen molar-refractivity contribution < 1.29 is 0 Å². The minimum atomic E-state index is 0.450. The predicted octanol–water partition coefficient (Wildman–Crippen LogP) is 4.62. The van der Waals surface area contributed by atoms with Gasteiger partial charge in [-0.15, -0.1) is 11.3 Å². The molecule has 95 valence electrons. The summed E-state index contributed by atoms with van der Waals surface area (Å²) < 4.78 is 2.20. The molecule has 2 unspecified atom stereocenters. The number of rotatable bonds is 1. The molecule has 1 aromatic heterocycles. The van der Waals surface area contributed by atoms with E-state index >= 15 is 0 Å². The summed E-state index contributed by atoms with van der Waals surface area (Å²) in [6.45, 7) is 3.39. The molecule has 2 nitrogen and oxygen atoms in total. The normalized spacial score (nSPS) is 25.7. The first kappa shape index (κ1) is 12.6. The van der Waals surface area contributed by atoms with Gasteiger partial charge in [-0.25, -0.2) is 4.98 Å². The second-order valence-electron chi connectivity index (χ2n) is 5.16. The van der Waals surface area contributed by atoms with Crippen LogP contribution in [0.2, 0.25) is 0 Å². The van der Waals surface area contributed by atoms with E-state index in [-0.39, 0.29) is 0 Å². The van der Waals surface area contributed by atoms with Crippen LogP contribution in [0.3, 0.4) is 0 Å². The molecule has 0 spiro atoms. The highest BCUT2D eigenvalue weighted by Gasteiger charge is 2.24. The number of likely N-dealkylation sites (tertiary alicyclic amines) is 1. The van der Waals surface area contributed by atoms with Gasteiger partial charge in [0.05, 0.1) is 10.2 Å². The fourth-order valence-corrected chi connectivity index (χ4v) is 4.13. The molecule has 4 heteroatoms. The number of piperidine rings is 1. The van der Waals surface area contributed by atoms with Crippen molar-refractivity contribution in [1.29, 1.82) is 0 Å². The maximum absolute atomic E-state index is 4.50. The number of hydrogen-bond donors (Lipinski definition) is 0. The minimum absolute atomic E-state index is 0.450. The highest BCUT2D eigenvalue weighted by Crippen LogP contribution is 2.35. The first-order chi connectivity index (χ1) is 8.63. The Labute approximate surface area is 120 Å². The Kier molecular flexibility index (Phi) is 3.43. The fraction of sp³-hybridized carbons (Fsp3) is 0.429. The van der Waals surface area contributed by atoms with Crippen LogP contribution >= 0.6 is 27.3 Å². The molecule has 1 aromatic carbocycles. The summed E-state index contributed by atoms with van der Waals surface area (Å²) in [5.74, 6) is 0.760. The lowest BCUT2D eigenvalue weighted by Crippen LogP contribution is -2.32. The molecule has 0 saturated carbocycles. The van der Waals surface area contributed by atoms with E-state index in [4.69, 9.17) is 0 Å². The van der Waals surface area contributed by atoms with Crippen molar-refractivity contribution in [2.24, 2.45) is 5.92 Å². The molecule has 0 amide bonds. The summed E-state index contributed by atoms with van der Waals surface area (Å²) >= 11 is 5.13. The molecule has 18 heavy (non-hydrogen) atoms. The van der Waals surface area contributed by atoms with Gasteiger partial charge in [-0.2, -0.15) is 0 Å². The second-order valence-corrected chi connectivity index (χ2v) is 7.47. The van der Waals surface area contributed by atoms with Gasteiger partial charge < -0.3 is 0 Å². The largest absolute Gasteiger partial charge is 0.295 e. The van der Waals surface area contributed by atoms with E-state index in [1.165, 1.54) is 23.1 Å². The first-order valence-corrected chi connectivity index (χ1v) is 7.87. The zero-order valence-corrected chi connectivity index (χ0v) is 12.8. The Morgan fingerprint density at radius 1 is 1.44 bits per heavy atom. The van der Waals surface area contributed by atoms with Crippen LogP contribution in [0.25, 0.3) is 10.2 Å². The Morgan fingerprint density at radius 2 is 2.28 bits per heavy atom. The van der Waals surface area contributed by atoms with Gasteiger partial charge >= 0.3 is 0 Å². The molecular formula is C14H16BrN2S. The highest BCUT2D eigenvalue weighted by atomic mass is 79.9. The van der Waals surface area contributed by atoms with Crippen molar-refractivity contribution in [3.05, 3.63) is 34.7 Å². The maximum Gasteiger partial charge on any atom is 0.160 e. The van der Waals surface area contributed by atoms with Gasteiger partial charge in [0.15, 0.2) is 3.92 Å². The van der Waals surface area contributed by atoms with Crippen LogP contribution in [0.4, 0.5) is 0 Å². The van der Waals surface area contributed by atoms with Gasteiger partial charge in [0.25, 0.3) is 0 Å². The van der Waals surface area contributed by atoms with Crippen molar-refractivity contribution in [2.75, 3.05) is 6.54 Å². The van der Waals surface area contributed by atoms with Crippen LogP contribution in [-0.2, 0) is 0 Å². The van der Waals surface area contributed by atoms with Crippen LogP contribution in [0.1, 0.15) is 31.4 Å². The maximum atomic E-state index is 4.50. The number of aromatic nitrogens is 1. The van der Waals surface area contributed by atoms with Crippen molar-refractivity contribution in [1.82, 2.24) is 9.88 Å². The first-order valence-electron chi connectivity index (χ1n) is 6.26. The van der Waals surface area contributed by atoms with E-state index in [0.717, 1.165) is 21.9 Å². The van der Waals surface area contributed by atoms with E-state index in [1.807, 2.05) is 0 Å². The molecular weight excluding hydrogens is 308 g/mol. The SMILES string of the molecule is [CH2]N1CC(C)CCC1c1ccc2sc(Br)nc2c1. The summed E-state index contributed by atoms with van der Waals surface area (Å²) in [5.41, 5.74) is 2.44. The van der Waals surface area contributed by atoms with Gasteiger partial charge in [0.1, 0.15) is 0 Å². The highest BCUT2D eigenvalue weighted by molar-refractivity contribution is 9.11. The Bertz CT molecular complexity index is 566. The summed E-state index contributed by atoms with van der Waals surface area (Å²) in [7, 11) is 4.20. The van der Waals surface area contributed by atoms with Gasteiger partial charge in [-0.1, -0.05) is 13.0 Å². The molecule has 1 saturated heterocycles. The minimum Gasteiger partial charge on any atom is -0.295 e. The summed E-state index contributed by atoms with van der Waals surface area (Å²) in [6.07, 6.45) is 2.48. The van der Waals surface area contributed by atoms with E-state index in [9.17, 15) is 0 Å². The molecule has 0 aliphatic carbocycles. The average Bonchev–Trinajstić information content (AvgIpc) is 2.68. The molecule has 1 fully saturated rings. The third-order valence-corrected chi connectivity index (χ3v) is 5.18. The number of fused-ring (bicyclic) bond motifs is 1. The van der Waals surface area contributed by atoms with E-state index < -0.39 is 0 Å². The molecule has 1 aliphatic heterocycles. The quantitative estimate of drug-likeness (QED) is 0.761. The molecule has 2 atom stereocenters. The van der Waals surface area contributed by atoms with Gasteiger partial charge in [0, 0.05) is 19.6 Å². The Hall–Kier alpha value is -0.450. The summed E-state index contributed by atoms with van der Waals surface area (Å²) in [5, 5.41) is 0. The van der Waals surface area contributed by atoms with E-state index in [1.54, 1.807) is 11.3 Å². The van der Waals surface area contributed by atoms with Gasteiger partial charge in [0.2, 0.25) is 0 Å². The average molecular weight is 324 g/mol. The predicted molar refractivity (Wildman–Crippen MR) is 80.5 cm³/mol. The summed E-state index contributed by atoms with van der Waals surface area (Å²) in [4.78, 5) is 6.74. The van der Waals surface area contributed by atoms with E-state index in [0.29, 0.717) is 6.04 Å². The van der Waals surface area contributed by atoms with Crippen LogP contribution < -0.4 is 0 Å². The van der Waals surface area contributed by atoms with E-state index in [2.05, 4.69) is 58.0 Å². The molecule has 0 bridgehead atoms. The lowest BCUT2D eigenvalue weighted by Gasteiger charge is -2.36. The topological polar surface area (TPSA) is 16.1 Å². The number of hydrogen-bond acceptors (Lipinski definition) is 3. The molecule has 1 radical (unpaired) electrons. The Balaban J connectivity index is 1.93. The smallest absolute Gasteiger partial charge is 0.160 e. The van der Waals surface area contributed by atoms with Crippen LogP contribution in [-0.4, -0.2) is 16.4 Å². The van der Waals surface area contributed by atoms with Crippen molar-refractivity contribution in [2.45, 2.75) is 25.8 Å². The van der Waals surface area contributed by atoms with Crippen LogP contribution in [0.5, 0.6) is 0 Å². The van der Waals surface area contributed by atoms with Crippen molar-refractivity contribution in [3.63, 3.8) is 0 Å². The molecule has 3 rings (SSSR count). The van der Waals surface area contributed by atoms with Gasteiger partial charge in [-0.05, 0) is 52.4 Å². The zero-order chi connectivity index (χ0) is 12.7. The zero-order valence-electron chi connectivity index (χ0n) is 10.4. The third kappa shape index (κ3) is 2.33. The number of benzene rings is 1. The lowest BCUT2D eigenvalue weighted by atomic mass is 9.90. The van der Waals surface area contributed by atoms with Crippen LogP contribution in [0, 0.1) is 13.0 Å². The van der Waals surface area contributed by atoms with Gasteiger partial charge in [-0.3, -0.25) is 4.90 Å².